The van der Waals surface area contributed by atoms with Crippen molar-refractivity contribution in [1.29, 1.82) is 0 Å². The summed E-state index contributed by atoms with van der Waals surface area (Å²) in [6.45, 7) is 6.54. The van der Waals surface area contributed by atoms with Crippen LogP contribution in [0.5, 0.6) is 0 Å². The summed E-state index contributed by atoms with van der Waals surface area (Å²) in [6, 6.07) is 1.65. The first-order chi connectivity index (χ1) is 7.72. The van der Waals surface area contributed by atoms with Gasteiger partial charge in [0.1, 0.15) is 0 Å². The number of hydrogen-bond donors (Lipinski definition) is 1. The lowest BCUT2D eigenvalue weighted by atomic mass is 10.4. The lowest BCUT2D eigenvalue weighted by Gasteiger charge is -2.20. The van der Waals surface area contributed by atoms with Crippen LogP contribution in [-0.4, -0.2) is 28.6 Å². The number of aryl methyl sites for hydroxylation is 1. The molecule has 0 amide bonds. The maximum atomic E-state index is 11.7. The Morgan fingerprint density at radius 1 is 1.44 bits per heavy atom. The van der Waals surface area contributed by atoms with Crippen LogP contribution in [-0.2, 0) is 6.54 Å². The number of thiol groups is 1. The fourth-order valence-electron chi connectivity index (χ4n) is 1.57. The molecular weight excluding hydrogens is 222 g/mol. The molecule has 1 rings (SSSR count). The molecule has 5 heteroatoms. The molecule has 0 bridgehead atoms. The second-order valence-electron chi connectivity index (χ2n) is 3.52. The first kappa shape index (κ1) is 13.1. The van der Waals surface area contributed by atoms with E-state index in [4.69, 9.17) is 0 Å². The van der Waals surface area contributed by atoms with Crippen molar-refractivity contribution in [2.75, 3.05) is 23.7 Å². The second-order valence-corrected chi connectivity index (χ2v) is 3.97. The lowest BCUT2D eigenvalue weighted by molar-refractivity contribution is 0.570. The minimum Gasteiger partial charge on any atom is -0.371 e. The van der Waals surface area contributed by atoms with Gasteiger partial charge in [-0.25, -0.2) is 4.68 Å². The van der Waals surface area contributed by atoms with Crippen molar-refractivity contribution in [3.05, 3.63) is 22.6 Å². The molecule has 4 nitrogen and oxygen atoms in total. The molecule has 90 valence electrons. The van der Waals surface area contributed by atoms with Crippen LogP contribution < -0.4 is 10.5 Å². The average molecular weight is 241 g/mol. The molecule has 16 heavy (non-hydrogen) atoms. The van der Waals surface area contributed by atoms with Crippen LogP contribution in [0.3, 0.4) is 0 Å². The van der Waals surface area contributed by atoms with E-state index in [2.05, 4.69) is 36.5 Å². The van der Waals surface area contributed by atoms with Crippen molar-refractivity contribution < 1.29 is 0 Å². The highest BCUT2D eigenvalue weighted by molar-refractivity contribution is 7.80. The Kier molecular flexibility index (Phi) is 5.38. The van der Waals surface area contributed by atoms with Crippen LogP contribution in [0.25, 0.3) is 0 Å². The van der Waals surface area contributed by atoms with Crippen molar-refractivity contribution in [3.63, 3.8) is 0 Å². The third kappa shape index (κ3) is 3.27. The van der Waals surface area contributed by atoms with Crippen molar-refractivity contribution in [1.82, 2.24) is 9.78 Å². The molecule has 0 N–H and O–H groups in total. The van der Waals surface area contributed by atoms with Crippen LogP contribution in [0.15, 0.2) is 17.1 Å². The zero-order valence-corrected chi connectivity index (χ0v) is 10.8. The average Bonchev–Trinajstić information content (AvgIpc) is 2.29. The summed E-state index contributed by atoms with van der Waals surface area (Å²) >= 11 is 4.12. The van der Waals surface area contributed by atoms with E-state index in [-0.39, 0.29) is 5.56 Å². The molecular formula is C11H19N3OS. The molecule has 1 aromatic heterocycles. The fourth-order valence-corrected chi connectivity index (χ4v) is 1.72. The van der Waals surface area contributed by atoms with Crippen LogP contribution in [0.4, 0.5) is 5.69 Å². The molecule has 0 fully saturated rings. The highest BCUT2D eigenvalue weighted by Gasteiger charge is 2.04. The van der Waals surface area contributed by atoms with Gasteiger partial charge >= 0.3 is 0 Å². The quantitative estimate of drug-likeness (QED) is 0.765. The molecule has 0 saturated carbocycles. The molecule has 0 aliphatic heterocycles. The van der Waals surface area contributed by atoms with Gasteiger partial charge < -0.3 is 4.90 Å². The molecule has 0 aliphatic rings. The summed E-state index contributed by atoms with van der Waals surface area (Å²) in [5.41, 5.74) is 0.864. The zero-order valence-electron chi connectivity index (χ0n) is 9.89. The Morgan fingerprint density at radius 3 is 2.62 bits per heavy atom. The summed E-state index contributed by atoms with van der Waals surface area (Å²) in [5.74, 6) is 0.770. The Morgan fingerprint density at radius 2 is 2.12 bits per heavy atom. The largest absolute Gasteiger partial charge is 0.371 e. The molecule has 0 spiro atoms. The van der Waals surface area contributed by atoms with Crippen LogP contribution in [0.1, 0.15) is 20.3 Å². The van der Waals surface area contributed by atoms with Gasteiger partial charge in [-0.3, -0.25) is 4.79 Å². The van der Waals surface area contributed by atoms with Gasteiger partial charge in [0.25, 0.3) is 5.56 Å². The number of nitrogens with zero attached hydrogens (tertiary/aromatic N) is 3. The van der Waals surface area contributed by atoms with Gasteiger partial charge in [0.05, 0.1) is 11.9 Å². The number of hydrogen-bond acceptors (Lipinski definition) is 4. The molecule has 1 aromatic rings. The van der Waals surface area contributed by atoms with E-state index >= 15 is 0 Å². The summed E-state index contributed by atoms with van der Waals surface area (Å²) in [7, 11) is 0. The van der Waals surface area contributed by atoms with Crippen LogP contribution in [0, 0.1) is 0 Å². The topological polar surface area (TPSA) is 38.1 Å². The summed E-state index contributed by atoms with van der Waals surface area (Å²) in [6.07, 6.45) is 2.62. The van der Waals surface area contributed by atoms with Gasteiger partial charge in [-0.1, -0.05) is 0 Å². The van der Waals surface area contributed by atoms with Gasteiger partial charge in [-0.15, -0.1) is 0 Å². The molecule has 0 unspecified atom stereocenters. The maximum absolute atomic E-state index is 11.7. The highest BCUT2D eigenvalue weighted by Crippen LogP contribution is 2.08. The zero-order chi connectivity index (χ0) is 12.0. The van der Waals surface area contributed by atoms with E-state index in [0.29, 0.717) is 6.54 Å². The van der Waals surface area contributed by atoms with Gasteiger partial charge in [-0.05, 0) is 26.0 Å². The Hall–Kier alpha value is -0.970. The van der Waals surface area contributed by atoms with Crippen LogP contribution >= 0.6 is 12.6 Å². The maximum Gasteiger partial charge on any atom is 0.268 e. The SMILES string of the molecule is CCN(CC)c1cnn(CCCS)c(=O)c1. The first-order valence-corrected chi connectivity index (χ1v) is 6.29. The van der Waals surface area contributed by atoms with Crippen molar-refractivity contribution in [3.8, 4) is 0 Å². The summed E-state index contributed by atoms with van der Waals surface area (Å²) in [5, 5.41) is 4.16. The molecule has 0 saturated heterocycles. The molecule has 0 aromatic carbocycles. The van der Waals surface area contributed by atoms with E-state index < -0.39 is 0 Å². The smallest absolute Gasteiger partial charge is 0.268 e. The normalized spacial score (nSPS) is 10.4. The Balaban J connectivity index is 2.86. The van der Waals surface area contributed by atoms with E-state index in [1.807, 2.05) is 0 Å². The van der Waals surface area contributed by atoms with Crippen molar-refractivity contribution in [2.24, 2.45) is 0 Å². The van der Waals surface area contributed by atoms with Crippen molar-refractivity contribution >= 4 is 18.3 Å². The van der Waals surface area contributed by atoms with Crippen LogP contribution in [0.2, 0.25) is 0 Å². The predicted octanol–water partition coefficient (Wildman–Crippen LogP) is 1.41. The first-order valence-electron chi connectivity index (χ1n) is 5.65. The van der Waals surface area contributed by atoms with E-state index in [9.17, 15) is 4.79 Å². The van der Waals surface area contributed by atoms with Gasteiger partial charge in [-0.2, -0.15) is 17.7 Å². The molecule has 0 aliphatic carbocycles. The minimum absolute atomic E-state index is 0.0359. The molecule has 0 atom stereocenters. The van der Waals surface area contributed by atoms with E-state index in [0.717, 1.165) is 31.0 Å². The van der Waals surface area contributed by atoms with E-state index in [1.54, 1.807) is 12.3 Å². The van der Waals surface area contributed by atoms with Gasteiger partial charge in [0.2, 0.25) is 0 Å². The second kappa shape index (κ2) is 6.58. The Bertz CT molecular complexity index is 374. The number of anilines is 1. The minimum atomic E-state index is -0.0359. The van der Waals surface area contributed by atoms with Gasteiger partial charge in [0, 0.05) is 25.7 Å². The fraction of sp³-hybridized carbons (Fsp3) is 0.636. The van der Waals surface area contributed by atoms with Gasteiger partial charge in [0.15, 0.2) is 0 Å². The van der Waals surface area contributed by atoms with E-state index in [1.165, 1.54) is 4.68 Å². The molecule has 0 radical (unpaired) electrons. The summed E-state index contributed by atoms with van der Waals surface area (Å²) < 4.78 is 1.49. The standard InChI is InChI=1S/C11H19N3OS/c1-3-13(4-2)10-8-11(15)14(12-9-10)6-5-7-16/h8-9,16H,3-7H2,1-2H3. The Labute approximate surface area is 102 Å². The lowest BCUT2D eigenvalue weighted by Crippen LogP contribution is -2.27. The summed E-state index contributed by atoms with van der Waals surface area (Å²) in [4.78, 5) is 13.8. The van der Waals surface area contributed by atoms with Crippen molar-refractivity contribution in [2.45, 2.75) is 26.8 Å². The molecule has 1 heterocycles. The number of rotatable bonds is 6. The number of aromatic nitrogens is 2. The third-order valence-corrected chi connectivity index (χ3v) is 2.83. The highest BCUT2D eigenvalue weighted by atomic mass is 32.1. The monoisotopic (exact) mass is 241 g/mol. The predicted molar refractivity (Wildman–Crippen MR) is 70.5 cm³/mol. The third-order valence-electron chi connectivity index (χ3n) is 2.51.